The summed E-state index contributed by atoms with van der Waals surface area (Å²) in [5.74, 6) is 1.47. The van der Waals surface area contributed by atoms with Gasteiger partial charge in [-0.2, -0.15) is 5.10 Å². The Labute approximate surface area is 123 Å². The summed E-state index contributed by atoms with van der Waals surface area (Å²) in [4.78, 5) is 19.5. The van der Waals surface area contributed by atoms with Gasteiger partial charge in [0.05, 0.1) is 5.69 Å². The van der Waals surface area contributed by atoms with Crippen molar-refractivity contribution in [2.24, 2.45) is 0 Å². The zero-order valence-electron chi connectivity index (χ0n) is 12.6. The lowest BCUT2D eigenvalue weighted by Crippen LogP contribution is -2.28. The van der Waals surface area contributed by atoms with Crippen molar-refractivity contribution in [1.82, 2.24) is 25.1 Å². The molecule has 0 aromatic carbocycles. The number of aromatic nitrogens is 4. The second-order valence-corrected chi connectivity index (χ2v) is 4.73. The molecule has 2 aromatic rings. The predicted molar refractivity (Wildman–Crippen MR) is 80.4 cm³/mol. The molecule has 0 aliphatic heterocycles. The van der Waals surface area contributed by atoms with Crippen LogP contribution in [0.4, 0.5) is 5.82 Å². The molecule has 0 aliphatic carbocycles. The van der Waals surface area contributed by atoms with E-state index in [1.165, 1.54) is 6.33 Å². The standard InChI is InChI=1S/C14H20N6O/c1-4-14(21)16-6-5-15-12-8-13(18-9-17-12)20-11(3)7-10(2)19-20/h7-9H,4-6H2,1-3H3,(H,16,21)(H,15,17,18). The Kier molecular flexibility index (Phi) is 4.86. The third-order valence-electron chi connectivity index (χ3n) is 2.95. The molecule has 0 spiro atoms. The minimum atomic E-state index is 0.0443. The number of hydrogen-bond donors (Lipinski definition) is 2. The molecule has 0 aliphatic rings. The van der Waals surface area contributed by atoms with E-state index in [0.717, 1.165) is 17.2 Å². The lowest BCUT2D eigenvalue weighted by atomic mass is 10.4. The number of carbonyl (C=O) groups is 1. The van der Waals surface area contributed by atoms with Crippen molar-refractivity contribution in [3.63, 3.8) is 0 Å². The van der Waals surface area contributed by atoms with Crippen molar-refractivity contribution in [1.29, 1.82) is 0 Å². The maximum atomic E-state index is 11.1. The van der Waals surface area contributed by atoms with E-state index >= 15 is 0 Å². The van der Waals surface area contributed by atoms with Crippen LogP contribution in [0.15, 0.2) is 18.5 Å². The summed E-state index contributed by atoms with van der Waals surface area (Å²) in [5, 5.41) is 10.3. The lowest BCUT2D eigenvalue weighted by Gasteiger charge is -2.08. The average Bonchev–Trinajstić information content (AvgIpc) is 2.82. The van der Waals surface area contributed by atoms with Crippen molar-refractivity contribution in [2.45, 2.75) is 27.2 Å². The number of anilines is 1. The van der Waals surface area contributed by atoms with Gasteiger partial charge in [0.2, 0.25) is 5.91 Å². The van der Waals surface area contributed by atoms with E-state index in [1.807, 2.05) is 32.9 Å². The van der Waals surface area contributed by atoms with E-state index in [-0.39, 0.29) is 5.91 Å². The highest BCUT2D eigenvalue weighted by Crippen LogP contribution is 2.11. The van der Waals surface area contributed by atoms with Crippen LogP contribution in [0.25, 0.3) is 5.82 Å². The van der Waals surface area contributed by atoms with Crippen molar-refractivity contribution < 1.29 is 4.79 Å². The van der Waals surface area contributed by atoms with E-state index in [4.69, 9.17) is 0 Å². The molecule has 7 heteroatoms. The quantitative estimate of drug-likeness (QED) is 0.781. The Balaban J connectivity index is 1.98. The molecule has 0 unspecified atom stereocenters. The molecule has 0 saturated carbocycles. The summed E-state index contributed by atoms with van der Waals surface area (Å²) in [6, 6.07) is 3.83. The number of aryl methyl sites for hydroxylation is 2. The number of carbonyl (C=O) groups excluding carboxylic acids is 1. The van der Waals surface area contributed by atoms with E-state index in [1.54, 1.807) is 4.68 Å². The molecule has 0 bridgehead atoms. The van der Waals surface area contributed by atoms with E-state index in [9.17, 15) is 4.79 Å². The predicted octanol–water partition coefficient (Wildman–Crippen LogP) is 1.22. The fraction of sp³-hybridized carbons (Fsp3) is 0.429. The van der Waals surface area contributed by atoms with Crippen LogP contribution in [0.2, 0.25) is 0 Å². The Bertz CT molecular complexity index is 622. The normalized spacial score (nSPS) is 10.4. The third-order valence-corrected chi connectivity index (χ3v) is 2.95. The number of rotatable bonds is 6. The molecule has 0 saturated heterocycles. The molecule has 0 fully saturated rings. The summed E-state index contributed by atoms with van der Waals surface area (Å²) in [6.07, 6.45) is 1.99. The highest BCUT2D eigenvalue weighted by atomic mass is 16.1. The summed E-state index contributed by atoms with van der Waals surface area (Å²) >= 11 is 0. The van der Waals surface area contributed by atoms with Gasteiger partial charge in [-0.05, 0) is 19.9 Å². The van der Waals surface area contributed by atoms with Crippen LogP contribution in [0.3, 0.4) is 0 Å². The fourth-order valence-corrected chi connectivity index (χ4v) is 1.94. The molecule has 7 nitrogen and oxygen atoms in total. The van der Waals surface area contributed by atoms with Crippen LogP contribution < -0.4 is 10.6 Å². The van der Waals surface area contributed by atoms with Gasteiger partial charge in [0, 0.05) is 31.3 Å². The molecule has 0 radical (unpaired) electrons. The monoisotopic (exact) mass is 288 g/mol. The first-order valence-corrected chi connectivity index (χ1v) is 6.96. The van der Waals surface area contributed by atoms with Crippen LogP contribution in [0.5, 0.6) is 0 Å². The molecular formula is C14H20N6O. The third kappa shape index (κ3) is 4.01. The first kappa shape index (κ1) is 15.0. The minimum absolute atomic E-state index is 0.0443. The minimum Gasteiger partial charge on any atom is -0.368 e. The van der Waals surface area contributed by atoms with Gasteiger partial charge in [0.1, 0.15) is 12.1 Å². The molecule has 2 aromatic heterocycles. The highest BCUT2D eigenvalue weighted by Gasteiger charge is 2.06. The van der Waals surface area contributed by atoms with Gasteiger partial charge in [0.25, 0.3) is 0 Å². The molecule has 1 amide bonds. The van der Waals surface area contributed by atoms with Gasteiger partial charge in [-0.3, -0.25) is 4.79 Å². The lowest BCUT2D eigenvalue weighted by molar-refractivity contribution is -0.120. The Morgan fingerprint density at radius 2 is 2.05 bits per heavy atom. The van der Waals surface area contributed by atoms with Crippen molar-refractivity contribution in [3.05, 3.63) is 29.8 Å². The molecule has 2 heterocycles. The number of hydrogen-bond acceptors (Lipinski definition) is 5. The second-order valence-electron chi connectivity index (χ2n) is 4.73. The Morgan fingerprint density at radius 3 is 2.71 bits per heavy atom. The van der Waals surface area contributed by atoms with Crippen LogP contribution in [-0.4, -0.2) is 38.7 Å². The summed E-state index contributed by atoms with van der Waals surface area (Å²) in [5.41, 5.74) is 1.97. The molecule has 112 valence electrons. The SMILES string of the molecule is CCC(=O)NCCNc1cc(-n2nc(C)cc2C)ncn1. The topological polar surface area (TPSA) is 84.7 Å². The van der Waals surface area contributed by atoms with Crippen molar-refractivity contribution in [2.75, 3.05) is 18.4 Å². The number of nitrogens with one attached hydrogen (secondary N) is 2. The molecule has 2 N–H and O–H groups in total. The zero-order chi connectivity index (χ0) is 15.2. The largest absolute Gasteiger partial charge is 0.368 e. The summed E-state index contributed by atoms with van der Waals surface area (Å²) in [6.45, 7) is 6.93. The molecule has 21 heavy (non-hydrogen) atoms. The second kappa shape index (κ2) is 6.83. The van der Waals surface area contributed by atoms with Gasteiger partial charge < -0.3 is 10.6 Å². The highest BCUT2D eigenvalue weighted by molar-refractivity contribution is 5.75. The smallest absolute Gasteiger partial charge is 0.219 e. The van der Waals surface area contributed by atoms with E-state index < -0.39 is 0 Å². The number of amides is 1. The van der Waals surface area contributed by atoms with Gasteiger partial charge in [-0.15, -0.1) is 0 Å². The Morgan fingerprint density at radius 1 is 1.24 bits per heavy atom. The molecule has 0 atom stereocenters. The summed E-state index contributed by atoms with van der Waals surface area (Å²) in [7, 11) is 0. The summed E-state index contributed by atoms with van der Waals surface area (Å²) < 4.78 is 1.78. The van der Waals surface area contributed by atoms with Crippen molar-refractivity contribution >= 4 is 11.7 Å². The van der Waals surface area contributed by atoms with Gasteiger partial charge in [0.15, 0.2) is 5.82 Å². The van der Waals surface area contributed by atoms with Gasteiger partial charge >= 0.3 is 0 Å². The van der Waals surface area contributed by atoms with Crippen molar-refractivity contribution in [3.8, 4) is 5.82 Å². The first-order valence-electron chi connectivity index (χ1n) is 6.96. The average molecular weight is 288 g/mol. The first-order chi connectivity index (χ1) is 10.1. The van der Waals surface area contributed by atoms with Gasteiger partial charge in [-0.25, -0.2) is 14.6 Å². The van der Waals surface area contributed by atoms with E-state index in [2.05, 4.69) is 25.7 Å². The molecular weight excluding hydrogens is 268 g/mol. The maximum absolute atomic E-state index is 11.1. The molecule has 2 rings (SSSR count). The van der Waals surface area contributed by atoms with E-state index in [0.29, 0.717) is 25.3 Å². The maximum Gasteiger partial charge on any atom is 0.219 e. The zero-order valence-corrected chi connectivity index (χ0v) is 12.6. The van der Waals surface area contributed by atoms with Crippen LogP contribution >= 0.6 is 0 Å². The fourth-order valence-electron chi connectivity index (χ4n) is 1.94. The van der Waals surface area contributed by atoms with Gasteiger partial charge in [-0.1, -0.05) is 6.92 Å². The van der Waals surface area contributed by atoms with Crippen LogP contribution in [0, 0.1) is 13.8 Å². The Hall–Kier alpha value is -2.44. The van der Waals surface area contributed by atoms with Crippen LogP contribution in [-0.2, 0) is 4.79 Å². The number of nitrogens with zero attached hydrogens (tertiary/aromatic N) is 4. The van der Waals surface area contributed by atoms with Crippen LogP contribution in [0.1, 0.15) is 24.7 Å².